The van der Waals surface area contributed by atoms with Gasteiger partial charge in [-0.15, -0.1) is 0 Å². The number of carbonyl (C=O) groups is 1. The summed E-state index contributed by atoms with van der Waals surface area (Å²) in [4.78, 5) is 18.5. The van der Waals surface area contributed by atoms with Gasteiger partial charge < -0.3 is 14.4 Å². The summed E-state index contributed by atoms with van der Waals surface area (Å²) < 4.78 is 41.1. The first-order valence-electron chi connectivity index (χ1n) is 15.6. The van der Waals surface area contributed by atoms with E-state index in [-0.39, 0.29) is 10.8 Å². The molecule has 0 fully saturated rings. The van der Waals surface area contributed by atoms with Crippen LogP contribution in [0.1, 0.15) is 47.1 Å². The maximum atomic E-state index is 14.6. The van der Waals surface area contributed by atoms with Crippen LogP contribution >= 0.6 is 0 Å². The number of carbonyl (C=O) groups excluding carboxylic acids is 1. The molecule has 0 aliphatic carbocycles. The third-order valence-electron chi connectivity index (χ3n) is 7.99. The van der Waals surface area contributed by atoms with E-state index in [1.54, 1.807) is 41.3 Å². The second-order valence-corrected chi connectivity index (χ2v) is 12.9. The van der Waals surface area contributed by atoms with Gasteiger partial charge in [0.25, 0.3) is 15.9 Å². The lowest BCUT2D eigenvalue weighted by molar-refractivity contribution is 0.0968. The van der Waals surface area contributed by atoms with E-state index in [0.717, 1.165) is 22.4 Å². The lowest BCUT2D eigenvalue weighted by Gasteiger charge is -2.46. The molecular weight excluding hydrogens is 611 g/mol. The van der Waals surface area contributed by atoms with E-state index in [4.69, 9.17) is 9.47 Å². The average Bonchev–Trinajstić information content (AvgIpc) is 3.08. The van der Waals surface area contributed by atoms with Crippen LogP contribution in [0.3, 0.4) is 0 Å². The van der Waals surface area contributed by atoms with Gasteiger partial charge in [0, 0.05) is 17.9 Å². The van der Waals surface area contributed by atoms with E-state index in [1.165, 1.54) is 6.07 Å². The Morgan fingerprint density at radius 2 is 1.36 bits per heavy atom. The third-order valence-corrected chi connectivity index (χ3v) is 9.37. The molecule has 6 rings (SSSR count). The van der Waals surface area contributed by atoms with Crippen LogP contribution in [0.15, 0.2) is 126 Å². The average molecular weight is 648 g/mol. The Balaban J connectivity index is 1.47. The molecular formula is C38H37N3O5S. The molecule has 5 aromatic rings. The van der Waals surface area contributed by atoms with Crippen LogP contribution in [0.2, 0.25) is 0 Å². The van der Waals surface area contributed by atoms with Crippen LogP contribution in [-0.2, 0) is 16.6 Å². The zero-order chi connectivity index (χ0) is 33.0. The Kier molecular flexibility index (Phi) is 9.17. The third kappa shape index (κ3) is 6.80. The van der Waals surface area contributed by atoms with Crippen molar-refractivity contribution in [3.8, 4) is 11.5 Å². The van der Waals surface area contributed by atoms with Crippen molar-refractivity contribution in [3.63, 3.8) is 0 Å². The number of anilines is 3. The van der Waals surface area contributed by atoms with Crippen molar-refractivity contribution < 1.29 is 22.7 Å². The van der Waals surface area contributed by atoms with Gasteiger partial charge in [-0.3, -0.25) is 14.4 Å². The molecule has 1 aliphatic heterocycles. The highest BCUT2D eigenvalue weighted by molar-refractivity contribution is 7.92. The monoisotopic (exact) mass is 647 g/mol. The highest BCUT2D eigenvalue weighted by Gasteiger charge is 2.40. The van der Waals surface area contributed by atoms with Gasteiger partial charge in [-0.05, 0) is 98.6 Å². The Morgan fingerprint density at radius 1 is 0.745 bits per heavy atom. The van der Waals surface area contributed by atoms with Crippen LogP contribution in [0.25, 0.3) is 0 Å². The Bertz CT molecular complexity index is 1950. The van der Waals surface area contributed by atoms with Gasteiger partial charge >= 0.3 is 0 Å². The molecule has 9 heteroatoms. The van der Waals surface area contributed by atoms with Crippen LogP contribution in [0.4, 0.5) is 17.1 Å². The fourth-order valence-corrected chi connectivity index (χ4v) is 6.85. The highest BCUT2D eigenvalue weighted by atomic mass is 32.2. The molecule has 1 N–H and O–H groups in total. The van der Waals surface area contributed by atoms with Gasteiger partial charge in [-0.1, -0.05) is 60.2 Å². The van der Waals surface area contributed by atoms with Crippen LogP contribution in [0.5, 0.6) is 11.5 Å². The van der Waals surface area contributed by atoms with Gasteiger partial charge in [-0.25, -0.2) is 8.42 Å². The standard InChI is InChI=1S/C38H37N3O5S/c1-4-45-32-19-13-29(14-20-32)37-40(26-28-9-7-6-8-10-28)36-24-23-34(47(43,44)39-30-15-21-33(22-16-30)46-5-2)25-35(36)38(42)41(37)31-17-11-27(3)12-18-31/h6-25,37,39H,4-5,26H2,1-3H3/t37-/m1/s1. The van der Waals surface area contributed by atoms with Crippen molar-refractivity contribution in [1.82, 2.24) is 0 Å². The van der Waals surface area contributed by atoms with Gasteiger partial charge in [-0.2, -0.15) is 0 Å². The summed E-state index contributed by atoms with van der Waals surface area (Å²) in [6, 6.07) is 37.1. The minimum absolute atomic E-state index is 0.0125. The fourth-order valence-electron chi connectivity index (χ4n) is 5.76. The SMILES string of the molecule is CCOc1ccc(NS(=O)(=O)c2ccc3c(c2)C(=O)N(c2ccc(C)cc2)[C@H](c2ccc(OCC)cc2)N3Cc2ccccc2)cc1. The zero-order valence-electron chi connectivity index (χ0n) is 26.6. The molecule has 0 radical (unpaired) electrons. The predicted octanol–water partition coefficient (Wildman–Crippen LogP) is 7.96. The molecule has 0 saturated carbocycles. The molecule has 0 unspecified atom stereocenters. The maximum Gasteiger partial charge on any atom is 0.262 e. The smallest absolute Gasteiger partial charge is 0.262 e. The van der Waals surface area contributed by atoms with E-state index >= 15 is 0 Å². The number of rotatable bonds is 11. The quantitative estimate of drug-likeness (QED) is 0.157. The van der Waals surface area contributed by atoms with Crippen LogP contribution in [-0.4, -0.2) is 27.5 Å². The maximum absolute atomic E-state index is 14.6. The first-order valence-corrected chi connectivity index (χ1v) is 17.1. The molecule has 240 valence electrons. The first-order chi connectivity index (χ1) is 22.8. The van der Waals surface area contributed by atoms with Crippen molar-refractivity contribution in [3.05, 3.63) is 144 Å². The Hall–Kier alpha value is -5.28. The normalized spacial score (nSPS) is 14.4. The molecule has 1 aliphatic rings. The predicted molar refractivity (Wildman–Crippen MR) is 186 cm³/mol. The summed E-state index contributed by atoms with van der Waals surface area (Å²) in [5, 5.41) is 0. The van der Waals surface area contributed by atoms with Crippen LogP contribution < -0.4 is 24.0 Å². The van der Waals surface area contributed by atoms with E-state index < -0.39 is 16.2 Å². The van der Waals surface area contributed by atoms with E-state index in [1.807, 2.05) is 99.6 Å². The van der Waals surface area contributed by atoms with Gasteiger partial charge in [0.15, 0.2) is 0 Å². The molecule has 1 amide bonds. The van der Waals surface area contributed by atoms with E-state index in [2.05, 4.69) is 9.62 Å². The molecule has 47 heavy (non-hydrogen) atoms. The first kappa shape index (κ1) is 31.7. The van der Waals surface area contributed by atoms with Gasteiger partial charge in [0.1, 0.15) is 17.7 Å². The summed E-state index contributed by atoms with van der Waals surface area (Å²) in [7, 11) is -4.03. The lowest BCUT2D eigenvalue weighted by atomic mass is 9.98. The number of ether oxygens (including phenoxy) is 2. The molecule has 1 heterocycles. The molecule has 1 atom stereocenters. The molecule has 0 saturated heterocycles. The molecule has 5 aromatic carbocycles. The number of nitrogens with zero attached hydrogens (tertiary/aromatic N) is 2. The number of hydrogen-bond donors (Lipinski definition) is 1. The number of hydrogen-bond acceptors (Lipinski definition) is 6. The molecule has 0 bridgehead atoms. The second-order valence-electron chi connectivity index (χ2n) is 11.2. The van der Waals surface area contributed by atoms with Gasteiger partial charge in [0.05, 0.1) is 29.4 Å². The Morgan fingerprint density at radius 3 is 1.98 bits per heavy atom. The minimum Gasteiger partial charge on any atom is -0.494 e. The van der Waals surface area contributed by atoms with Crippen molar-refractivity contribution in [1.29, 1.82) is 0 Å². The minimum atomic E-state index is -4.03. The van der Waals surface area contributed by atoms with Crippen molar-refractivity contribution >= 4 is 33.0 Å². The summed E-state index contributed by atoms with van der Waals surface area (Å²) in [6.07, 6.45) is -0.530. The van der Waals surface area contributed by atoms with Crippen molar-refractivity contribution in [2.24, 2.45) is 0 Å². The largest absolute Gasteiger partial charge is 0.494 e. The number of fused-ring (bicyclic) bond motifs is 1. The van der Waals surface area contributed by atoms with Crippen LogP contribution in [0, 0.1) is 6.92 Å². The van der Waals surface area contributed by atoms with E-state index in [9.17, 15) is 13.2 Å². The molecule has 0 aromatic heterocycles. The Labute approximate surface area is 276 Å². The number of sulfonamides is 1. The summed E-state index contributed by atoms with van der Waals surface area (Å²) in [5.74, 6) is 1.09. The summed E-state index contributed by atoms with van der Waals surface area (Å²) >= 11 is 0. The van der Waals surface area contributed by atoms with Crippen molar-refractivity contribution in [2.45, 2.75) is 38.4 Å². The summed E-state index contributed by atoms with van der Waals surface area (Å²) in [5.41, 5.74) is 5.01. The zero-order valence-corrected chi connectivity index (χ0v) is 27.4. The second kappa shape index (κ2) is 13.6. The molecule has 8 nitrogen and oxygen atoms in total. The lowest BCUT2D eigenvalue weighted by Crippen LogP contribution is -2.49. The number of aryl methyl sites for hydroxylation is 1. The van der Waals surface area contributed by atoms with Gasteiger partial charge in [0.2, 0.25) is 0 Å². The van der Waals surface area contributed by atoms with Crippen molar-refractivity contribution in [2.75, 3.05) is 27.7 Å². The number of nitrogens with one attached hydrogen (secondary N) is 1. The number of amides is 1. The fraction of sp³-hybridized carbons (Fsp3) is 0.184. The topological polar surface area (TPSA) is 88.2 Å². The summed E-state index contributed by atoms with van der Waals surface area (Å²) in [6.45, 7) is 7.34. The van der Waals surface area contributed by atoms with E-state index in [0.29, 0.717) is 48.1 Å². The number of benzene rings is 5. The highest BCUT2D eigenvalue weighted by Crippen LogP contribution is 2.43. The molecule has 0 spiro atoms.